The summed E-state index contributed by atoms with van der Waals surface area (Å²) in [5.41, 5.74) is 3.27. The Morgan fingerprint density at radius 2 is 1.92 bits per heavy atom. The first kappa shape index (κ1) is 7.22. The summed E-state index contributed by atoms with van der Waals surface area (Å²) in [7, 11) is 0. The number of allylic oxidation sites excluding steroid dienone is 2. The maximum Gasteiger partial charge on any atom is 0.0886 e. The average Bonchev–Trinajstić information content (AvgIpc) is 2.25. The van der Waals surface area contributed by atoms with Crippen LogP contribution in [0.4, 0.5) is 0 Å². The van der Waals surface area contributed by atoms with E-state index < -0.39 is 0 Å². The van der Waals surface area contributed by atoms with Crippen LogP contribution in [0.2, 0.25) is 0 Å². The first-order chi connectivity index (χ1) is 5.86. The van der Waals surface area contributed by atoms with E-state index in [1.807, 2.05) is 6.08 Å². The summed E-state index contributed by atoms with van der Waals surface area (Å²) in [4.78, 5) is 8.46. The minimum Gasteiger partial charge on any atom is -0.253 e. The Hall–Kier alpha value is -1.44. The number of hydrogen-bond acceptors (Lipinski definition) is 2. The monoisotopic (exact) mass is 158 g/mol. The Morgan fingerprint density at radius 3 is 2.75 bits per heavy atom. The largest absolute Gasteiger partial charge is 0.253 e. The van der Waals surface area contributed by atoms with Gasteiger partial charge in [-0.1, -0.05) is 11.6 Å². The van der Waals surface area contributed by atoms with Crippen molar-refractivity contribution >= 4 is 12.2 Å². The minimum absolute atomic E-state index is 0.967. The molecule has 0 radical (unpaired) electrons. The molecule has 0 N–H and O–H groups in total. The van der Waals surface area contributed by atoms with E-state index in [1.54, 1.807) is 12.4 Å². The molecule has 1 aliphatic rings. The lowest BCUT2D eigenvalue weighted by molar-refractivity contribution is 1.16. The molecular weight excluding hydrogens is 148 g/mol. The smallest absolute Gasteiger partial charge is 0.0886 e. The van der Waals surface area contributed by atoms with E-state index in [9.17, 15) is 0 Å². The molecule has 12 heavy (non-hydrogen) atoms. The van der Waals surface area contributed by atoms with Crippen LogP contribution in [-0.2, 0) is 0 Å². The Labute approximate surface area is 71.7 Å². The van der Waals surface area contributed by atoms with Crippen molar-refractivity contribution in [1.82, 2.24) is 9.97 Å². The molecular formula is C10H10N2. The third-order valence-electron chi connectivity index (χ3n) is 1.86. The first-order valence-corrected chi connectivity index (χ1v) is 4.01. The maximum atomic E-state index is 4.24. The van der Waals surface area contributed by atoms with Gasteiger partial charge in [0, 0.05) is 12.4 Å². The van der Waals surface area contributed by atoms with Crippen molar-refractivity contribution in [1.29, 1.82) is 0 Å². The van der Waals surface area contributed by atoms with Crippen molar-refractivity contribution in [3.05, 3.63) is 35.4 Å². The lowest BCUT2D eigenvalue weighted by atomic mass is 10.2. The maximum absolute atomic E-state index is 4.24. The molecule has 0 bridgehead atoms. The lowest BCUT2D eigenvalue weighted by Crippen LogP contribution is -1.88. The highest BCUT2D eigenvalue weighted by molar-refractivity contribution is 5.63. The van der Waals surface area contributed by atoms with Gasteiger partial charge in [0.1, 0.15) is 0 Å². The normalized spacial score (nSPS) is 14.9. The van der Waals surface area contributed by atoms with Crippen LogP contribution in [0.3, 0.4) is 0 Å². The van der Waals surface area contributed by atoms with Crippen LogP contribution in [0.5, 0.6) is 0 Å². The SMILES string of the molecule is CC1=Cc2nccnc2C=CC1. The third-order valence-corrected chi connectivity index (χ3v) is 1.86. The fraction of sp³-hybridized carbons (Fsp3) is 0.200. The van der Waals surface area contributed by atoms with E-state index in [1.165, 1.54) is 5.57 Å². The predicted octanol–water partition coefficient (Wildman–Crippen LogP) is 2.30. The van der Waals surface area contributed by atoms with Crippen molar-refractivity contribution < 1.29 is 0 Å². The molecule has 2 heteroatoms. The molecule has 0 unspecified atom stereocenters. The molecule has 0 saturated heterocycles. The van der Waals surface area contributed by atoms with Crippen molar-refractivity contribution in [2.24, 2.45) is 0 Å². The van der Waals surface area contributed by atoms with Crippen LogP contribution in [-0.4, -0.2) is 9.97 Å². The highest BCUT2D eigenvalue weighted by Gasteiger charge is 2.01. The number of hydrogen-bond donors (Lipinski definition) is 0. The second-order valence-electron chi connectivity index (χ2n) is 2.92. The van der Waals surface area contributed by atoms with Gasteiger partial charge in [-0.15, -0.1) is 0 Å². The second kappa shape index (κ2) is 2.89. The Morgan fingerprint density at radius 1 is 1.17 bits per heavy atom. The van der Waals surface area contributed by atoms with E-state index in [-0.39, 0.29) is 0 Å². The quantitative estimate of drug-likeness (QED) is 0.579. The molecule has 2 nitrogen and oxygen atoms in total. The summed E-state index contributed by atoms with van der Waals surface area (Å²) in [5.74, 6) is 0. The van der Waals surface area contributed by atoms with Gasteiger partial charge in [-0.05, 0) is 25.5 Å². The summed E-state index contributed by atoms with van der Waals surface area (Å²) in [6, 6.07) is 0. The van der Waals surface area contributed by atoms with Gasteiger partial charge in [0.15, 0.2) is 0 Å². The number of rotatable bonds is 0. The molecule has 1 aromatic heterocycles. The predicted molar refractivity (Wildman–Crippen MR) is 49.3 cm³/mol. The fourth-order valence-electron chi connectivity index (χ4n) is 1.25. The molecule has 60 valence electrons. The average molecular weight is 158 g/mol. The molecule has 0 aliphatic heterocycles. The van der Waals surface area contributed by atoms with E-state index in [2.05, 4.69) is 29.0 Å². The summed E-state index contributed by atoms with van der Waals surface area (Å²) in [6.07, 6.45) is 10.7. The van der Waals surface area contributed by atoms with Gasteiger partial charge >= 0.3 is 0 Å². The van der Waals surface area contributed by atoms with Crippen LogP contribution in [0.15, 0.2) is 24.0 Å². The molecule has 0 amide bonds. The summed E-state index contributed by atoms with van der Waals surface area (Å²) < 4.78 is 0. The Balaban J connectivity index is 2.58. The topological polar surface area (TPSA) is 25.8 Å². The number of fused-ring (bicyclic) bond motifs is 1. The van der Waals surface area contributed by atoms with E-state index in [0.29, 0.717) is 0 Å². The van der Waals surface area contributed by atoms with Crippen LogP contribution >= 0.6 is 0 Å². The Kier molecular flexibility index (Phi) is 1.74. The molecule has 0 saturated carbocycles. The Bertz CT molecular complexity index is 351. The van der Waals surface area contributed by atoms with Crippen molar-refractivity contribution in [3.63, 3.8) is 0 Å². The van der Waals surface area contributed by atoms with Gasteiger partial charge in [-0.2, -0.15) is 0 Å². The molecule has 0 spiro atoms. The van der Waals surface area contributed by atoms with Crippen LogP contribution < -0.4 is 0 Å². The van der Waals surface area contributed by atoms with Gasteiger partial charge in [0.2, 0.25) is 0 Å². The van der Waals surface area contributed by atoms with Crippen molar-refractivity contribution in [2.75, 3.05) is 0 Å². The summed E-state index contributed by atoms with van der Waals surface area (Å²) >= 11 is 0. The third kappa shape index (κ3) is 1.28. The highest BCUT2D eigenvalue weighted by Crippen LogP contribution is 2.16. The molecule has 0 fully saturated rings. The van der Waals surface area contributed by atoms with Gasteiger partial charge < -0.3 is 0 Å². The summed E-state index contributed by atoms with van der Waals surface area (Å²) in [5, 5.41) is 0. The number of aromatic nitrogens is 2. The molecule has 0 atom stereocenters. The zero-order valence-corrected chi connectivity index (χ0v) is 6.99. The van der Waals surface area contributed by atoms with Crippen LogP contribution in [0, 0.1) is 0 Å². The van der Waals surface area contributed by atoms with Gasteiger partial charge in [0.25, 0.3) is 0 Å². The van der Waals surface area contributed by atoms with E-state index in [4.69, 9.17) is 0 Å². The molecule has 2 rings (SSSR count). The first-order valence-electron chi connectivity index (χ1n) is 4.01. The van der Waals surface area contributed by atoms with Crippen molar-refractivity contribution in [3.8, 4) is 0 Å². The zero-order chi connectivity index (χ0) is 8.39. The molecule has 1 heterocycles. The van der Waals surface area contributed by atoms with Crippen LogP contribution in [0.1, 0.15) is 24.7 Å². The fourth-order valence-corrected chi connectivity index (χ4v) is 1.25. The van der Waals surface area contributed by atoms with Crippen molar-refractivity contribution in [2.45, 2.75) is 13.3 Å². The standard InChI is InChI=1S/C10H10N2/c1-8-3-2-4-9-10(7-8)12-6-5-11-9/h2,4-7H,3H2,1H3. The van der Waals surface area contributed by atoms with Gasteiger partial charge in [-0.25, -0.2) is 0 Å². The zero-order valence-electron chi connectivity index (χ0n) is 6.99. The van der Waals surface area contributed by atoms with E-state index in [0.717, 1.165) is 17.8 Å². The molecule has 1 aliphatic carbocycles. The van der Waals surface area contributed by atoms with Gasteiger partial charge in [0.05, 0.1) is 11.4 Å². The van der Waals surface area contributed by atoms with Gasteiger partial charge in [-0.3, -0.25) is 9.97 Å². The summed E-state index contributed by atoms with van der Waals surface area (Å²) in [6.45, 7) is 2.11. The minimum atomic E-state index is 0.967. The van der Waals surface area contributed by atoms with E-state index >= 15 is 0 Å². The number of nitrogens with zero attached hydrogens (tertiary/aromatic N) is 2. The lowest BCUT2D eigenvalue weighted by Gasteiger charge is -1.95. The second-order valence-corrected chi connectivity index (χ2v) is 2.92. The highest BCUT2D eigenvalue weighted by atomic mass is 14.8. The molecule has 1 aromatic rings. The molecule has 0 aromatic carbocycles. The van der Waals surface area contributed by atoms with Crippen LogP contribution in [0.25, 0.3) is 12.2 Å².